The third-order valence-electron chi connectivity index (χ3n) is 5.27. The molecule has 0 aliphatic carbocycles. The maximum absolute atomic E-state index is 12.5. The summed E-state index contributed by atoms with van der Waals surface area (Å²) in [6.07, 6.45) is 0.855. The monoisotopic (exact) mass is 379 g/mol. The van der Waals surface area contributed by atoms with E-state index in [-0.39, 0.29) is 17.9 Å². The summed E-state index contributed by atoms with van der Waals surface area (Å²) in [5, 5.41) is 3.15. The molecule has 1 atom stereocenters. The van der Waals surface area contributed by atoms with Crippen molar-refractivity contribution in [3.8, 4) is 0 Å². The van der Waals surface area contributed by atoms with Gasteiger partial charge in [0.25, 0.3) is 5.91 Å². The molecule has 2 aromatic rings. The molecule has 148 valence electrons. The van der Waals surface area contributed by atoms with Gasteiger partial charge in [-0.2, -0.15) is 0 Å². The summed E-state index contributed by atoms with van der Waals surface area (Å²) in [7, 11) is 0. The molecule has 1 aliphatic rings. The smallest absolute Gasteiger partial charge is 0.253 e. The standard InChI is InChI=1S/C23H29N3O2/c1-3-21(19-11-9-18(2)10-12-19)24-22(27)17-25-13-15-26(16-14-25)23(28)20-7-5-4-6-8-20/h4-12,21H,3,13-17H2,1-2H3,(H,24,27)/t21-/m0/s1. The average Bonchev–Trinajstić information content (AvgIpc) is 2.73. The second-order valence-electron chi connectivity index (χ2n) is 7.37. The summed E-state index contributed by atoms with van der Waals surface area (Å²) in [4.78, 5) is 29.0. The van der Waals surface area contributed by atoms with Gasteiger partial charge in [0.1, 0.15) is 0 Å². The van der Waals surface area contributed by atoms with Crippen LogP contribution in [0.15, 0.2) is 54.6 Å². The van der Waals surface area contributed by atoms with Gasteiger partial charge in [0.15, 0.2) is 0 Å². The molecule has 0 radical (unpaired) electrons. The molecule has 1 heterocycles. The van der Waals surface area contributed by atoms with E-state index in [4.69, 9.17) is 0 Å². The van der Waals surface area contributed by atoms with Crippen molar-refractivity contribution in [3.05, 3.63) is 71.3 Å². The number of aryl methyl sites for hydroxylation is 1. The second kappa shape index (κ2) is 9.51. The zero-order valence-electron chi connectivity index (χ0n) is 16.7. The number of nitrogens with zero attached hydrogens (tertiary/aromatic N) is 2. The molecule has 2 aromatic carbocycles. The van der Waals surface area contributed by atoms with E-state index < -0.39 is 0 Å². The molecule has 5 heteroatoms. The first-order valence-corrected chi connectivity index (χ1v) is 9.99. The average molecular weight is 380 g/mol. The largest absolute Gasteiger partial charge is 0.348 e. The minimum Gasteiger partial charge on any atom is -0.348 e. The third kappa shape index (κ3) is 5.20. The normalized spacial score (nSPS) is 15.9. The highest BCUT2D eigenvalue weighted by atomic mass is 16.2. The summed E-state index contributed by atoms with van der Waals surface area (Å²) in [5.74, 6) is 0.102. The summed E-state index contributed by atoms with van der Waals surface area (Å²) in [6, 6.07) is 17.7. The number of carbonyl (C=O) groups is 2. The number of nitrogens with one attached hydrogen (secondary N) is 1. The van der Waals surface area contributed by atoms with E-state index in [9.17, 15) is 9.59 Å². The first-order valence-electron chi connectivity index (χ1n) is 9.99. The Hall–Kier alpha value is -2.66. The third-order valence-corrected chi connectivity index (χ3v) is 5.27. The summed E-state index contributed by atoms with van der Waals surface area (Å²) in [6.45, 7) is 7.24. The highest BCUT2D eigenvalue weighted by molar-refractivity contribution is 5.94. The maximum Gasteiger partial charge on any atom is 0.253 e. The topological polar surface area (TPSA) is 52.7 Å². The van der Waals surface area contributed by atoms with E-state index in [1.54, 1.807) is 0 Å². The van der Waals surface area contributed by atoms with Gasteiger partial charge >= 0.3 is 0 Å². The second-order valence-corrected chi connectivity index (χ2v) is 7.37. The van der Waals surface area contributed by atoms with Gasteiger partial charge in [-0.25, -0.2) is 0 Å². The molecule has 5 nitrogen and oxygen atoms in total. The lowest BCUT2D eigenvalue weighted by Crippen LogP contribution is -2.51. The molecule has 0 saturated carbocycles. The summed E-state index contributed by atoms with van der Waals surface area (Å²) in [5.41, 5.74) is 3.07. The summed E-state index contributed by atoms with van der Waals surface area (Å²) < 4.78 is 0. The van der Waals surface area contributed by atoms with E-state index >= 15 is 0 Å². The van der Waals surface area contributed by atoms with Crippen molar-refractivity contribution in [3.63, 3.8) is 0 Å². The van der Waals surface area contributed by atoms with Crippen LogP contribution in [0.25, 0.3) is 0 Å². The Balaban J connectivity index is 1.48. The minimum atomic E-state index is 0.0362. The highest BCUT2D eigenvalue weighted by Crippen LogP contribution is 2.17. The van der Waals surface area contributed by atoms with Crippen molar-refractivity contribution in [2.24, 2.45) is 0 Å². The highest BCUT2D eigenvalue weighted by Gasteiger charge is 2.23. The molecule has 1 saturated heterocycles. The van der Waals surface area contributed by atoms with E-state index in [0.717, 1.165) is 17.5 Å². The Morgan fingerprint density at radius 2 is 1.61 bits per heavy atom. The van der Waals surface area contributed by atoms with Gasteiger partial charge < -0.3 is 10.2 Å². The SMILES string of the molecule is CC[C@H](NC(=O)CN1CCN(C(=O)c2ccccc2)CC1)c1ccc(C)cc1. The Morgan fingerprint density at radius 3 is 2.21 bits per heavy atom. The van der Waals surface area contributed by atoms with Crippen molar-refractivity contribution >= 4 is 11.8 Å². The molecule has 3 rings (SSSR count). The number of carbonyl (C=O) groups excluding carboxylic acids is 2. The molecule has 28 heavy (non-hydrogen) atoms. The zero-order valence-corrected chi connectivity index (χ0v) is 16.7. The van der Waals surface area contributed by atoms with Gasteiger partial charge in [-0.1, -0.05) is 55.0 Å². The predicted octanol–water partition coefficient (Wildman–Crippen LogP) is 3.02. The fourth-order valence-corrected chi connectivity index (χ4v) is 3.54. The van der Waals surface area contributed by atoms with Crippen LogP contribution >= 0.6 is 0 Å². The van der Waals surface area contributed by atoms with Crippen LogP contribution in [-0.2, 0) is 4.79 Å². The van der Waals surface area contributed by atoms with Crippen molar-refractivity contribution in [1.82, 2.24) is 15.1 Å². The molecule has 1 aliphatic heterocycles. The molecule has 0 aromatic heterocycles. The van der Waals surface area contributed by atoms with Gasteiger partial charge in [-0.15, -0.1) is 0 Å². The number of piperazine rings is 1. The Morgan fingerprint density at radius 1 is 0.964 bits per heavy atom. The minimum absolute atomic E-state index is 0.0362. The quantitative estimate of drug-likeness (QED) is 0.839. The maximum atomic E-state index is 12.5. The molecule has 2 amide bonds. The van der Waals surface area contributed by atoms with Crippen LogP contribution < -0.4 is 5.32 Å². The predicted molar refractivity (Wildman–Crippen MR) is 111 cm³/mol. The molecule has 0 bridgehead atoms. The van der Waals surface area contributed by atoms with Crippen LogP contribution in [0.4, 0.5) is 0 Å². The Labute approximate surface area is 167 Å². The van der Waals surface area contributed by atoms with E-state index in [1.807, 2.05) is 35.2 Å². The number of benzene rings is 2. The van der Waals surface area contributed by atoms with Crippen LogP contribution in [0, 0.1) is 6.92 Å². The van der Waals surface area contributed by atoms with Gasteiger partial charge in [0.05, 0.1) is 12.6 Å². The van der Waals surface area contributed by atoms with E-state index in [2.05, 4.69) is 48.3 Å². The van der Waals surface area contributed by atoms with Crippen LogP contribution in [0.2, 0.25) is 0 Å². The molecule has 0 spiro atoms. The Bertz CT molecular complexity index is 781. The lowest BCUT2D eigenvalue weighted by molar-refractivity contribution is -0.123. The van der Waals surface area contributed by atoms with Gasteiger partial charge in [-0.3, -0.25) is 14.5 Å². The molecule has 1 N–H and O–H groups in total. The zero-order chi connectivity index (χ0) is 19.9. The lowest BCUT2D eigenvalue weighted by Gasteiger charge is -2.34. The molecular weight excluding hydrogens is 350 g/mol. The van der Waals surface area contributed by atoms with Crippen molar-refractivity contribution in [2.45, 2.75) is 26.3 Å². The van der Waals surface area contributed by atoms with E-state index in [0.29, 0.717) is 32.7 Å². The summed E-state index contributed by atoms with van der Waals surface area (Å²) >= 11 is 0. The van der Waals surface area contributed by atoms with Crippen molar-refractivity contribution in [2.75, 3.05) is 32.7 Å². The van der Waals surface area contributed by atoms with Crippen LogP contribution in [0.5, 0.6) is 0 Å². The van der Waals surface area contributed by atoms with E-state index in [1.165, 1.54) is 5.56 Å². The fraction of sp³-hybridized carbons (Fsp3) is 0.391. The van der Waals surface area contributed by atoms with Crippen LogP contribution in [0.3, 0.4) is 0 Å². The first-order chi connectivity index (χ1) is 13.6. The van der Waals surface area contributed by atoms with Crippen LogP contribution in [-0.4, -0.2) is 54.3 Å². The lowest BCUT2D eigenvalue weighted by atomic mass is 10.0. The Kier molecular flexibility index (Phi) is 6.82. The molecule has 0 unspecified atom stereocenters. The van der Waals surface area contributed by atoms with Gasteiger partial charge in [0.2, 0.25) is 5.91 Å². The molecule has 1 fully saturated rings. The number of hydrogen-bond acceptors (Lipinski definition) is 3. The first kappa shape index (κ1) is 20.1. The fourth-order valence-electron chi connectivity index (χ4n) is 3.54. The molecular formula is C23H29N3O2. The van der Waals surface area contributed by atoms with Gasteiger partial charge in [0, 0.05) is 31.7 Å². The number of amides is 2. The number of hydrogen-bond donors (Lipinski definition) is 1. The van der Waals surface area contributed by atoms with Crippen molar-refractivity contribution < 1.29 is 9.59 Å². The van der Waals surface area contributed by atoms with Crippen molar-refractivity contribution in [1.29, 1.82) is 0 Å². The van der Waals surface area contributed by atoms with Crippen LogP contribution in [0.1, 0.15) is 40.9 Å². The van der Waals surface area contributed by atoms with Gasteiger partial charge in [-0.05, 0) is 31.0 Å². The number of rotatable bonds is 6.